The van der Waals surface area contributed by atoms with Crippen molar-refractivity contribution in [2.75, 3.05) is 13.4 Å². The van der Waals surface area contributed by atoms with Crippen LogP contribution in [0.15, 0.2) is 29.4 Å². The van der Waals surface area contributed by atoms with Gasteiger partial charge < -0.3 is 19.0 Å². The summed E-state index contributed by atoms with van der Waals surface area (Å²) in [5.74, 6) is 0.335. The van der Waals surface area contributed by atoms with E-state index in [1.54, 1.807) is 6.92 Å². The monoisotopic (exact) mass is 333 g/mol. The molecule has 0 saturated heterocycles. The summed E-state index contributed by atoms with van der Waals surface area (Å²) in [5.41, 5.74) is 1.59. The fourth-order valence-electron chi connectivity index (χ4n) is 2.93. The molecule has 1 aromatic carbocycles. The van der Waals surface area contributed by atoms with Crippen LogP contribution in [0, 0.1) is 0 Å². The van der Waals surface area contributed by atoms with Crippen LogP contribution in [-0.2, 0) is 19.1 Å². The fourth-order valence-corrected chi connectivity index (χ4v) is 2.93. The number of oxime groups is 1. The van der Waals surface area contributed by atoms with E-state index in [0.717, 1.165) is 24.1 Å². The molecule has 1 aliphatic carbocycles. The zero-order chi connectivity index (χ0) is 16.8. The molecule has 0 aromatic heterocycles. The molecule has 0 bridgehead atoms. The Hall–Kier alpha value is -2.08. The average Bonchev–Trinajstić information content (AvgIpc) is 3.27. The first-order valence-electron chi connectivity index (χ1n) is 8.50. The molecule has 1 heterocycles. The number of rotatable bonds is 7. The molecule has 0 radical (unpaired) electrons. The summed E-state index contributed by atoms with van der Waals surface area (Å²) in [7, 11) is 0. The van der Waals surface area contributed by atoms with Gasteiger partial charge in [-0.05, 0) is 31.9 Å². The van der Waals surface area contributed by atoms with Crippen LogP contribution >= 0.6 is 0 Å². The molecule has 1 aromatic rings. The van der Waals surface area contributed by atoms with Gasteiger partial charge in [0.05, 0.1) is 18.4 Å². The van der Waals surface area contributed by atoms with Crippen LogP contribution < -0.4 is 4.74 Å². The van der Waals surface area contributed by atoms with Crippen molar-refractivity contribution in [2.45, 2.75) is 51.2 Å². The Bertz CT molecular complexity index is 595. The molecule has 24 heavy (non-hydrogen) atoms. The maximum Gasteiger partial charge on any atom is 0.350 e. The first-order valence-corrected chi connectivity index (χ1v) is 8.50. The Morgan fingerprint density at radius 3 is 2.96 bits per heavy atom. The minimum Gasteiger partial charge on any atom is -0.468 e. The zero-order valence-corrected chi connectivity index (χ0v) is 13.9. The Balaban J connectivity index is 1.52. The lowest BCUT2D eigenvalue weighted by Crippen LogP contribution is -2.23. The van der Waals surface area contributed by atoms with E-state index < -0.39 is 6.10 Å². The van der Waals surface area contributed by atoms with Crippen molar-refractivity contribution in [3.8, 4) is 5.75 Å². The Kier molecular flexibility index (Phi) is 5.69. The maximum atomic E-state index is 11.7. The van der Waals surface area contributed by atoms with Gasteiger partial charge in [0.1, 0.15) is 5.75 Å². The van der Waals surface area contributed by atoms with Crippen molar-refractivity contribution in [1.82, 2.24) is 0 Å². The highest BCUT2D eigenvalue weighted by Gasteiger charge is 2.30. The van der Waals surface area contributed by atoms with Crippen molar-refractivity contribution in [3.63, 3.8) is 0 Å². The van der Waals surface area contributed by atoms with E-state index in [1.165, 1.54) is 12.8 Å². The number of benzene rings is 1. The van der Waals surface area contributed by atoms with Gasteiger partial charge in [-0.3, -0.25) is 0 Å². The predicted octanol–water partition coefficient (Wildman–Crippen LogP) is 3.04. The second-order valence-electron chi connectivity index (χ2n) is 5.95. The van der Waals surface area contributed by atoms with Gasteiger partial charge >= 0.3 is 5.97 Å². The van der Waals surface area contributed by atoms with Crippen LogP contribution in [-0.4, -0.2) is 37.3 Å². The van der Waals surface area contributed by atoms with E-state index in [9.17, 15) is 4.79 Å². The molecular weight excluding hydrogens is 310 g/mol. The predicted molar refractivity (Wildman–Crippen MR) is 87.9 cm³/mol. The van der Waals surface area contributed by atoms with Crippen LogP contribution in [0.4, 0.5) is 0 Å². The van der Waals surface area contributed by atoms with Crippen LogP contribution in [0.25, 0.3) is 0 Å². The molecule has 2 aliphatic rings. The Morgan fingerprint density at radius 1 is 1.33 bits per heavy atom. The summed E-state index contributed by atoms with van der Waals surface area (Å²) in [6, 6.07) is 7.56. The minimum absolute atomic E-state index is 0.253. The van der Waals surface area contributed by atoms with E-state index >= 15 is 0 Å². The van der Waals surface area contributed by atoms with Gasteiger partial charge in [0.15, 0.2) is 6.79 Å². The van der Waals surface area contributed by atoms with Gasteiger partial charge in [0.25, 0.3) is 0 Å². The quantitative estimate of drug-likeness (QED) is 0.567. The highest BCUT2D eigenvalue weighted by atomic mass is 16.7. The van der Waals surface area contributed by atoms with E-state index in [-0.39, 0.29) is 12.8 Å². The second kappa shape index (κ2) is 8.15. The number of hydrogen-bond acceptors (Lipinski definition) is 6. The van der Waals surface area contributed by atoms with Crippen LogP contribution in [0.1, 0.15) is 44.6 Å². The van der Waals surface area contributed by atoms with Crippen molar-refractivity contribution in [1.29, 1.82) is 0 Å². The number of nitrogens with zero attached hydrogens (tertiary/aromatic N) is 1. The minimum atomic E-state index is -0.657. The molecule has 1 saturated carbocycles. The third-order valence-corrected chi connectivity index (χ3v) is 4.22. The summed E-state index contributed by atoms with van der Waals surface area (Å²) in [4.78, 5) is 16.9. The summed E-state index contributed by atoms with van der Waals surface area (Å²) in [6.45, 7) is 2.35. The van der Waals surface area contributed by atoms with Gasteiger partial charge in [-0.25, -0.2) is 4.79 Å². The van der Waals surface area contributed by atoms with E-state index in [4.69, 9.17) is 19.0 Å². The van der Waals surface area contributed by atoms with Gasteiger partial charge in [0, 0.05) is 12.0 Å². The highest BCUT2D eigenvalue weighted by Crippen LogP contribution is 2.23. The molecule has 0 N–H and O–H groups in total. The molecule has 3 rings (SSSR count). The van der Waals surface area contributed by atoms with E-state index in [2.05, 4.69) is 5.16 Å². The first kappa shape index (κ1) is 16.8. The lowest BCUT2D eigenvalue weighted by atomic mass is 10.0. The van der Waals surface area contributed by atoms with Crippen molar-refractivity contribution in [3.05, 3.63) is 29.8 Å². The first-order chi connectivity index (χ1) is 11.8. The number of hydrogen-bond donors (Lipinski definition) is 0. The lowest BCUT2D eigenvalue weighted by Gasteiger charge is -2.12. The summed E-state index contributed by atoms with van der Waals surface area (Å²) in [6.07, 6.45) is 4.78. The van der Waals surface area contributed by atoms with Crippen LogP contribution in [0.5, 0.6) is 5.75 Å². The lowest BCUT2D eigenvalue weighted by molar-refractivity contribution is -0.154. The van der Waals surface area contributed by atoms with Crippen molar-refractivity contribution >= 4 is 11.7 Å². The number of esters is 1. The summed E-state index contributed by atoms with van der Waals surface area (Å²) in [5, 5.41) is 4.00. The molecule has 0 spiro atoms. The molecule has 6 nitrogen and oxygen atoms in total. The summed E-state index contributed by atoms with van der Waals surface area (Å²) < 4.78 is 16.3. The van der Waals surface area contributed by atoms with E-state index in [1.807, 2.05) is 24.3 Å². The van der Waals surface area contributed by atoms with Crippen LogP contribution in [0.2, 0.25) is 0 Å². The SMILES string of the molecule is CCOC(=O)C1CC(c2cccc(OCOC3CCCC3)c2)=NO1. The topological polar surface area (TPSA) is 66.4 Å². The zero-order valence-electron chi connectivity index (χ0n) is 13.9. The van der Waals surface area contributed by atoms with Crippen molar-refractivity contribution < 1.29 is 23.8 Å². The van der Waals surface area contributed by atoms with Gasteiger partial charge in [-0.15, -0.1) is 0 Å². The molecule has 130 valence electrons. The number of carbonyl (C=O) groups excluding carboxylic acids is 1. The molecule has 1 fully saturated rings. The largest absolute Gasteiger partial charge is 0.468 e. The molecule has 1 aliphatic heterocycles. The fraction of sp³-hybridized carbons (Fsp3) is 0.556. The third-order valence-electron chi connectivity index (χ3n) is 4.22. The summed E-state index contributed by atoms with van der Waals surface area (Å²) >= 11 is 0. The normalized spacial score (nSPS) is 20.5. The van der Waals surface area contributed by atoms with Gasteiger partial charge in [-0.2, -0.15) is 0 Å². The van der Waals surface area contributed by atoms with E-state index in [0.29, 0.717) is 24.9 Å². The Morgan fingerprint density at radius 2 is 2.17 bits per heavy atom. The standard InChI is InChI=1S/C18H23NO5/c1-2-21-18(20)17-11-16(19-24-17)13-6-5-9-15(10-13)23-12-22-14-7-3-4-8-14/h5-6,9-10,14,17H,2-4,7-8,11-12H2,1H3. The highest BCUT2D eigenvalue weighted by molar-refractivity contribution is 6.03. The third kappa shape index (κ3) is 4.26. The van der Waals surface area contributed by atoms with Crippen molar-refractivity contribution in [2.24, 2.45) is 5.16 Å². The van der Waals surface area contributed by atoms with Crippen LogP contribution in [0.3, 0.4) is 0 Å². The molecule has 0 amide bonds. The smallest absolute Gasteiger partial charge is 0.350 e. The molecule has 6 heteroatoms. The van der Waals surface area contributed by atoms with Gasteiger partial charge in [-0.1, -0.05) is 30.1 Å². The molecule has 1 atom stereocenters. The Labute approximate surface area is 141 Å². The molecular formula is C18H23NO5. The average molecular weight is 333 g/mol. The second-order valence-corrected chi connectivity index (χ2v) is 5.95. The maximum absolute atomic E-state index is 11.7. The number of ether oxygens (including phenoxy) is 3. The molecule has 1 unspecified atom stereocenters. The number of carbonyl (C=O) groups is 1. The van der Waals surface area contributed by atoms with Gasteiger partial charge in [0.2, 0.25) is 6.10 Å².